The number of oxazole rings is 1. The SMILES string of the molecule is CCCNC(=O)c1coc(CN(CCC)C(=O)Nc2ccc(C#N)cc2)n1. The Labute approximate surface area is 158 Å². The molecule has 2 rings (SSSR count). The number of anilines is 1. The molecule has 8 heteroatoms. The number of nitrogens with zero attached hydrogens (tertiary/aromatic N) is 3. The molecule has 8 nitrogen and oxygen atoms in total. The van der Waals surface area contributed by atoms with E-state index in [9.17, 15) is 9.59 Å². The Kier molecular flexibility index (Phi) is 7.37. The fraction of sp³-hybridized carbons (Fsp3) is 0.368. The molecule has 142 valence electrons. The molecule has 0 aliphatic rings. The standard InChI is InChI=1S/C19H23N5O3/c1-3-9-21-18(25)16-13-27-17(23-16)12-24(10-4-2)19(26)22-15-7-5-14(11-20)6-8-15/h5-8,13H,3-4,9-10,12H2,1-2H3,(H,21,25)(H,22,26). The molecule has 2 aromatic rings. The third kappa shape index (κ3) is 5.85. The fourth-order valence-corrected chi connectivity index (χ4v) is 2.33. The van der Waals surface area contributed by atoms with Gasteiger partial charge in [0.15, 0.2) is 5.69 Å². The van der Waals surface area contributed by atoms with E-state index in [1.165, 1.54) is 6.26 Å². The lowest BCUT2D eigenvalue weighted by atomic mass is 10.2. The van der Waals surface area contributed by atoms with Crippen LogP contribution < -0.4 is 10.6 Å². The van der Waals surface area contributed by atoms with Crippen molar-refractivity contribution in [1.82, 2.24) is 15.2 Å². The summed E-state index contributed by atoms with van der Waals surface area (Å²) >= 11 is 0. The zero-order chi connectivity index (χ0) is 19.6. The van der Waals surface area contributed by atoms with Crippen molar-refractivity contribution in [2.24, 2.45) is 0 Å². The highest BCUT2D eigenvalue weighted by atomic mass is 16.3. The average Bonchev–Trinajstić information content (AvgIpc) is 3.15. The van der Waals surface area contributed by atoms with Gasteiger partial charge in [-0.3, -0.25) is 4.79 Å². The number of amides is 3. The molecule has 0 unspecified atom stereocenters. The van der Waals surface area contributed by atoms with Gasteiger partial charge in [0.1, 0.15) is 6.26 Å². The van der Waals surface area contributed by atoms with Crippen molar-refractivity contribution in [3.8, 4) is 6.07 Å². The molecular formula is C19H23N5O3. The Morgan fingerprint density at radius 3 is 2.59 bits per heavy atom. The summed E-state index contributed by atoms with van der Waals surface area (Å²) in [6.45, 7) is 5.14. The predicted octanol–water partition coefficient (Wildman–Crippen LogP) is 3.13. The Balaban J connectivity index is 2.01. The van der Waals surface area contributed by atoms with Gasteiger partial charge in [-0.15, -0.1) is 0 Å². The predicted molar refractivity (Wildman–Crippen MR) is 100 cm³/mol. The highest BCUT2D eigenvalue weighted by molar-refractivity contribution is 5.92. The van der Waals surface area contributed by atoms with E-state index in [2.05, 4.69) is 15.6 Å². The van der Waals surface area contributed by atoms with E-state index in [-0.39, 0.29) is 24.2 Å². The topological polar surface area (TPSA) is 111 Å². The van der Waals surface area contributed by atoms with Gasteiger partial charge in [0.2, 0.25) is 5.89 Å². The van der Waals surface area contributed by atoms with Gasteiger partial charge in [-0.25, -0.2) is 9.78 Å². The molecule has 0 radical (unpaired) electrons. The Morgan fingerprint density at radius 2 is 1.96 bits per heavy atom. The van der Waals surface area contributed by atoms with E-state index in [0.717, 1.165) is 12.8 Å². The van der Waals surface area contributed by atoms with E-state index in [1.807, 2.05) is 19.9 Å². The maximum absolute atomic E-state index is 12.5. The van der Waals surface area contributed by atoms with Gasteiger partial charge in [-0.05, 0) is 37.1 Å². The Bertz CT molecular complexity index is 807. The van der Waals surface area contributed by atoms with Crippen molar-refractivity contribution in [3.05, 3.63) is 47.7 Å². The first kappa shape index (κ1) is 20.0. The maximum atomic E-state index is 12.5. The third-order valence-corrected chi connectivity index (χ3v) is 3.69. The quantitative estimate of drug-likeness (QED) is 0.742. The molecule has 0 bridgehead atoms. The van der Waals surface area contributed by atoms with Crippen LogP contribution in [-0.2, 0) is 6.54 Å². The van der Waals surface area contributed by atoms with Crippen LogP contribution in [0.25, 0.3) is 0 Å². The lowest BCUT2D eigenvalue weighted by Gasteiger charge is -2.21. The number of benzene rings is 1. The lowest BCUT2D eigenvalue weighted by Crippen LogP contribution is -2.35. The van der Waals surface area contributed by atoms with E-state index < -0.39 is 0 Å². The minimum absolute atomic E-state index is 0.150. The van der Waals surface area contributed by atoms with Crippen LogP contribution in [0.2, 0.25) is 0 Å². The molecular weight excluding hydrogens is 346 g/mol. The smallest absolute Gasteiger partial charge is 0.322 e. The van der Waals surface area contributed by atoms with Crippen LogP contribution in [0.15, 0.2) is 34.9 Å². The molecule has 0 saturated carbocycles. The normalized spacial score (nSPS) is 10.1. The summed E-state index contributed by atoms with van der Waals surface area (Å²) in [5.41, 5.74) is 1.31. The maximum Gasteiger partial charge on any atom is 0.322 e. The highest BCUT2D eigenvalue weighted by Crippen LogP contribution is 2.12. The van der Waals surface area contributed by atoms with Crippen molar-refractivity contribution in [3.63, 3.8) is 0 Å². The first-order valence-electron chi connectivity index (χ1n) is 8.86. The third-order valence-electron chi connectivity index (χ3n) is 3.69. The molecule has 1 heterocycles. The van der Waals surface area contributed by atoms with Crippen molar-refractivity contribution in [2.45, 2.75) is 33.2 Å². The van der Waals surface area contributed by atoms with Crippen molar-refractivity contribution < 1.29 is 14.0 Å². The van der Waals surface area contributed by atoms with E-state index >= 15 is 0 Å². The fourth-order valence-electron chi connectivity index (χ4n) is 2.33. The molecule has 0 saturated heterocycles. The van der Waals surface area contributed by atoms with E-state index in [4.69, 9.17) is 9.68 Å². The summed E-state index contributed by atoms with van der Waals surface area (Å²) in [6.07, 6.45) is 2.88. The zero-order valence-electron chi connectivity index (χ0n) is 15.5. The molecule has 0 spiro atoms. The second-order valence-corrected chi connectivity index (χ2v) is 5.92. The number of rotatable bonds is 8. The van der Waals surface area contributed by atoms with Crippen molar-refractivity contribution >= 4 is 17.6 Å². The summed E-state index contributed by atoms with van der Waals surface area (Å²) in [4.78, 5) is 30.2. The summed E-state index contributed by atoms with van der Waals surface area (Å²) in [5.74, 6) is -0.00370. The van der Waals surface area contributed by atoms with Gasteiger partial charge in [-0.2, -0.15) is 5.26 Å². The van der Waals surface area contributed by atoms with Crippen LogP contribution in [0.1, 0.15) is 48.6 Å². The van der Waals surface area contributed by atoms with Crippen LogP contribution in [0.4, 0.5) is 10.5 Å². The number of carbonyl (C=O) groups is 2. The Morgan fingerprint density at radius 1 is 1.22 bits per heavy atom. The molecule has 0 aliphatic heterocycles. The van der Waals surface area contributed by atoms with Gasteiger partial charge in [0, 0.05) is 18.8 Å². The van der Waals surface area contributed by atoms with Crippen LogP contribution in [0, 0.1) is 11.3 Å². The van der Waals surface area contributed by atoms with Gasteiger partial charge in [-0.1, -0.05) is 13.8 Å². The Hall–Kier alpha value is -3.34. The number of hydrogen-bond acceptors (Lipinski definition) is 5. The summed E-state index contributed by atoms with van der Waals surface area (Å²) in [5, 5.41) is 14.3. The average molecular weight is 369 g/mol. The minimum Gasteiger partial charge on any atom is -0.446 e. The number of aromatic nitrogens is 1. The largest absolute Gasteiger partial charge is 0.446 e. The number of hydrogen-bond donors (Lipinski definition) is 2. The van der Waals surface area contributed by atoms with Crippen LogP contribution in [0.5, 0.6) is 0 Å². The summed E-state index contributed by atoms with van der Waals surface area (Å²) in [6, 6.07) is 8.33. The van der Waals surface area contributed by atoms with Gasteiger partial charge in [0.05, 0.1) is 18.2 Å². The lowest BCUT2D eigenvalue weighted by molar-refractivity contribution is 0.0948. The number of carbonyl (C=O) groups excluding carboxylic acids is 2. The zero-order valence-corrected chi connectivity index (χ0v) is 15.5. The monoisotopic (exact) mass is 369 g/mol. The van der Waals surface area contributed by atoms with Crippen molar-refractivity contribution in [2.75, 3.05) is 18.4 Å². The van der Waals surface area contributed by atoms with Crippen LogP contribution in [0.3, 0.4) is 0 Å². The molecule has 0 fully saturated rings. The van der Waals surface area contributed by atoms with Gasteiger partial charge >= 0.3 is 6.03 Å². The molecule has 1 aromatic heterocycles. The summed E-state index contributed by atoms with van der Waals surface area (Å²) < 4.78 is 5.34. The second kappa shape index (κ2) is 9.97. The number of nitriles is 1. The first-order chi connectivity index (χ1) is 13.1. The van der Waals surface area contributed by atoms with E-state index in [0.29, 0.717) is 30.2 Å². The molecule has 27 heavy (non-hydrogen) atoms. The molecule has 0 aliphatic carbocycles. The molecule has 1 aromatic carbocycles. The number of urea groups is 1. The minimum atomic E-state index is -0.309. The first-order valence-corrected chi connectivity index (χ1v) is 8.86. The van der Waals surface area contributed by atoms with Crippen LogP contribution >= 0.6 is 0 Å². The molecule has 0 atom stereocenters. The second-order valence-electron chi connectivity index (χ2n) is 5.92. The number of nitrogens with one attached hydrogen (secondary N) is 2. The molecule has 3 amide bonds. The van der Waals surface area contributed by atoms with E-state index in [1.54, 1.807) is 29.2 Å². The van der Waals surface area contributed by atoms with Crippen LogP contribution in [-0.4, -0.2) is 34.9 Å². The van der Waals surface area contributed by atoms with Crippen molar-refractivity contribution in [1.29, 1.82) is 5.26 Å². The summed E-state index contributed by atoms with van der Waals surface area (Å²) in [7, 11) is 0. The van der Waals surface area contributed by atoms with Gasteiger partial charge < -0.3 is 20.0 Å². The highest BCUT2D eigenvalue weighted by Gasteiger charge is 2.18. The van der Waals surface area contributed by atoms with Gasteiger partial charge in [0.25, 0.3) is 5.91 Å². The molecule has 2 N–H and O–H groups in total.